The minimum atomic E-state index is -2.90. The van der Waals surface area contributed by atoms with E-state index in [1.54, 1.807) is 18.3 Å². The summed E-state index contributed by atoms with van der Waals surface area (Å²) in [5.74, 6) is 0.392. The van der Waals surface area contributed by atoms with Gasteiger partial charge >= 0.3 is 0 Å². The fraction of sp³-hybridized carbons (Fsp3) is 0.700. The van der Waals surface area contributed by atoms with Crippen LogP contribution in [0.4, 0.5) is 0 Å². The van der Waals surface area contributed by atoms with E-state index in [9.17, 15) is 8.42 Å². The Labute approximate surface area is 101 Å². The zero-order chi connectivity index (χ0) is 12.2. The van der Waals surface area contributed by atoms with Crippen LogP contribution in [0.25, 0.3) is 0 Å². The molecule has 0 fully saturated rings. The van der Waals surface area contributed by atoms with Gasteiger partial charge in [0.25, 0.3) is 0 Å². The first-order chi connectivity index (χ1) is 7.43. The molecule has 6 heteroatoms. The van der Waals surface area contributed by atoms with E-state index in [2.05, 4.69) is 10.3 Å². The zero-order valence-electron chi connectivity index (χ0n) is 9.86. The summed E-state index contributed by atoms with van der Waals surface area (Å²) in [5, 5.41) is 6.16. The second-order valence-electron chi connectivity index (χ2n) is 3.86. The molecule has 4 nitrogen and oxygen atoms in total. The van der Waals surface area contributed by atoms with Gasteiger partial charge in [0.1, 0.15) is 5.01 Å². The lowest BCUT2D eigenvalue weighted by atomic mass is 10.4. The Hall–Kier alpha value is -0.460. The first-order valence-electron chi connectivity index (χ1n) is 5.27. The molecular formula is C10H18N2O2S2. The lowest BCUT2D eigenvalue weighted by molar-refractivity contribution is 0.556. The molecule has 0 aliphatic carbocycles. The molecule has 16 heavy (non-hydrogen) atoms. The molecule has 1 aromatic heterocycles. The quantitative estimate of drug-likeness (QED) is 0.841. The van der Waals surface area contributed by atoms with E-state index in [-0.39, 0.29) is 17.5 Å². The smallest absolute Gasteiger partial charge is 0.151 e. The Morgan fingerprint density at radius 1 is 1.56 bits per heavy atom. The third-order valence-corrected chi connectivity index (χ3v) is 5.07. The van der Waals surface area contributed by atoms with Gasteiger partial charge < -0.3 is 5.32 Å². The van der Waals surface area contributed by atoms with Crippen LogP contribution >= 0.6 is 11.3 Å². The van der Waals surface area contributed by atoms with Crippen molar-refractivity contribution in [1.82, 2.24) is 10.3 Å². The fourth-order valence-corrected chi connectivity index (χ4v) is 3.14. The highest BCUT2D eigenvalue weighted by Gasteiger charge is 2.13. The molecular weight excluding hydrogens is 244 g/mol. The Balaban J connectivity index is 2.39. The van der Waals surface area contributed by atoms with Gasteiger partial charge in [-0.05, 0) is 13.8 Å². The number of thiazole rings is 1. The van der Waals surface area contributed by atoms with Crippen molar-refractivity contribution in [2.75, 3.05) is 11.5 Å². The third kappa shape index (κ3) is 4.59. The molecule has 0 aromatic carbocycles. The normalized spacial score (nSPS) is 13.9. The zero-order valence-corrected chi connectivity index (χ0v) is 11.5. The van der Waals surface area contributed by atoms with Crippen molar-refractivity contribution in [1.29, 1.82) is 0 Å². The molecule has 0 saturated heterocycles. The van der Waals surface area contributed by atoms with Gasteiger partial charge in [-0.1, -0.05) is 6.92 Å². The minimum Gasteiger partial charge on any atom is -0.307 e. The second kappa shape index (κ2) is 5.75. The standard InChI is InChI=1S/C10H18N2O2S2/c1-4-16(13,14)7-9(3)11-5-10-12-8(2)6-15-10/h6,9,11H,4-5,7H2,1-3H3. The maximum Gasteiger partial charge on any atom is 0.151 e. The molecule has 0 bridgehead atoms. The van der Waals surface area contributed by atoms with Crippen LogP contribution in [-0.2, 0) is 16.4 Å². The molecule has 1 N–H and O–H groups in total. The summed E-state index contributed by atoms with van der Waals surface area (Å²) in [5.41, 5.74) is 1.01. The topological polar surface area (TPSA) is 59.1 Å². The van der Waals surface area contributed by atoms with Crippen LogP contribution in [0.5, 0.6) is 0 Å². The Morgan fingerprint density at radius 3 is 2.75 bits per heavy atom. The molecule has 0 saturated carbocycles. The van der Waals surface area contributed by atoms with Gasteiger partial charge in [-0.25, -0.2) is 13.4 Å². The van der Waals surface area contributed by atoms with Crippen LogP contribution in [0.2, 0.25) is 0 Å². The van der Waals surface area contributed by atoms with Crippen molar-refractivity contribution in [3.8, 4) is 0 Å². The summed E-state index contributed by atoms with van der Waals surface area (Å²) >= 11 is 1.59. The van der Waals surface area contributed by atoms with Gasteiger partial charge in [0.05, 0.1) is 5.75 Å². The van der Waals surface area contributed by atoms with Crippen LogP contribution in [-0.4, -0.2) is 30.9 Å². The number of hydrogen-bond acceptors (Lipinski definition) is 5. The first-order valence-corrected chi connectivity index (χ1v) is 7.98. The maximum atomic E-state index is 11.4. The van der Waals surface area contributed by atoms with Gasteiger partial charge in [0.2, 0.25) is 0 Å². The Bertz CT molecular complexity index is 426. The maximum absolute atomic E-state index is 11.4. The van der Waals surface area contributed by atoms with E-state index in [1.807, 2.05) is 19.2 Å². The lowest BCUT2D eigenvalue weighted by Crippen LogP contribution is -2.33. The molecule has 0 spiro atoms. The highest BCUT2D eigenvalue weighted by molar-refractivity contribution is 7.91. The molecule has 0 aliphatic heterocycles. The molecule has 0 amide bonds. The summed E-state index contributed by atoms with van der Waals surface area (Å²) in [4.78, 5) is 4.31. The SMILES string of the molecule is CCS(=O)(=O)CC(C)NCc1nc(C)cs1. The van der Waals surface area contributed by atoms with Crippen molar-refractivity contribution < 1.29 is 8.42 Å². The number of aromatic nitrogens is 1. The number of sulfone groups is 1. The Morgan fingerprint density at radius 2 is 2.25 bits per heavy atom. The Kier molecular flexibility index (Phi) is 4.89. The molecule has 0 aliphatic rings. The second-order valence-corrected chi connectivity index (χ2v) is 7.20. The predicted molar refractivity (Wildman–Crippen MR) is 67.5 cm³/mol. The summed E-state index contributed by atoms with van der Waals surface area (Å²) < 4.78 is 22.7. The third-order valence-electron chi connectivity index (χ3n) is 2.21. The average Bonchev–Trinajstić information content (AvgIpc) is 2.61. The average molecular weight is 262 g/mol. The number of aryl methyl sites for hydroxylation is 1. The molecule has 1 unspecified atom stereocenters. The lowest BCUT2D eigenvalue weighted by Gasteiger charge is -2.12. The monoisotopic (exact) mass is 262 g/mol. The van der Waals surface area contributed by atoms with Crippen LogP contribution in [0.15, 0.2) is 5.38 Å². The van der Waals surface area contributed by atoms with Gasteiger partial charge in [-0.3, -0.25) is 0 Å². The van der Waals surface area contributed by atoms with E-state index in [0.29, 0.717) is 6.54 Å². The number of hydrogen-bond donors (Lipinski definition) is 1. The van der Waals surface area contributed by atoms with E-state index >= 15 is 0 Å². The van der Waals surface area contributed by atoms with Crippen molar-refractivity contribution >= 4 is 21.2 Å². The first kappa shape index (κ1) is 13.6. The van der Waals surface area contributed by atoms with Crippen molar-refractivity contribution in [3.63, 3.8) is 0 Å². The fourth-order valence-electron chi connectivity index (χ4n) is 1.30. The van der Waals surface area contributed by atoms with Crippen LogP contribution in [0, 0.1) is 6.92 Å². The highest BCUT2D eigenvalue weighted by Crippen LogP contribution is 2.08. The molecule has 1 rings (SSSR count). The van der Waals surface area contributed by atoms with Gasteiger partial charge in [-0.15, -0.1) is 11.3 Å². The molecule has 1 atom stereocenters. The largest absolute Gasteiger partial charge is 0.307 e. The van der Waals surface area contributed by atoms with Crippen molar-refractivity contribution in [2.24, 2.45) is 0 Å². The number of rotatable bonds is 6. The van der Waals surface area contributed by atoms with E-state index in [1.165, 1.54) is 0 Å². The molecule has 1 heterocycles. The van der Waals surface area contributed by atoms with E-state index < -0.39 is 9.84 Å². The summed E-state index contributed by atoms with van der Waals surface area (Å²) in [6, 6.07) is -0.0332. The van der Waals surface area contributed by atoms with Crippen molar-refractivity contribution in [2.45, 2.75) is 33.4 Å². The van der Waals surface area contributed by atoms with Gasteiger partial charge in [0, 0.05) is 29.4 Å². The number of nitrogens with zero attached hydrogens (tertiary/aromatic N) is 1. The van der Waals surface area contributed by atoms with Gasteiger partial charge in [-0.2, -0.15) is 0 Å². The van der Waals surface area contributed by atoms with Gasteiger partial charge in [0.15, 0.2) is 9.84 Å². The van der Waals surface area contributed by atoms with Crippen LogP contribution < -0.4 is 5.32 Å². The van der Waals surface area contributed by atoms with E-state index in [4.69, 9.17) is 0 Å². The summed E-state index contributed by atoms with van der Waals surface area (Å²) in [6.45, 7) is 6.14. The highest BCUT2D eigenvalue weighted by atomic mass is 32.2. The van der Waals surface area contributed by atoms with E-state index in [0.717, 1.165) is 10.7 Å². The molecule has 92 valence electrons. The van der Waals surface area contributed by atoms with Crippen LogP contribution in [0.1, 0.15) is 24.5 Å². The molecule has 0 radical (unpaired) electrons. The number of nitrogens with one attached hydrogen (secondary N) is 1. The summed E-state index contributed by atoms with van der Waals surface area (Å²) in [6.07, 6.45) is 0. The van der Waals surface area contributed by atoms with Crippen molar-refractivity contribution in [3.05, 3.63) is 16.1 Å². The van der Waals surface area contributed by atoms with Crippen LogP contribution in [0.3, 0.4) is 0 Å². The molecule has 1 aromatic rings. The predicted octanol–water partition coefficient (Wildman–Crippen LogP) is 1.36. The summed E-state index contributed by atoms with van der Waals surface area (Å²) in [7, 11) is -2.90. The minimum absolute atomic E-state index is 0.0332.